The van der Waals surface area contributed by atoms with Crippen LogP contribution in [0.5, 0.6) is 0 Å². The third-order valence-corrected chi connectivity index (χ3v) is 3.29. The van der Waals surface area contributed by atoms with Crippen LogP contribution in [0.1, 0.15) is 59.8 Å². The molecule has 1 heterocycles. The molecule has 0 N–H and O–H groups in total. The van der Waals surface area contributed by atoms with Crippen molar-refractivity contribution in [2.24, 2.45) is 0 Å². The van der Waals surface area contributed by atoms with Crippen LogP contribution in [0, 0.1) is 0 Å². The van der Waals surface area contributed by atoms with Crippen molar-refractivity contribution in [2.45, 2.75) is 65.8 Å². The fraction of sp³-hybridized carbons (Fsp3) is 0.714. The number of rotatable bonds is 3. The van der Waals surface area contributed by atoms with Gasteiger partial charge >= 0.3 is 0 Å². The van der Waals surface area contributed by atoms with Gasteiger partial charge in [0, 0.05) is 17.4 Å². The van der Waals surface area contributed by atoms with Crippen LogP contribution >= 0.6 is 0 Å². The molecule has 1 nitrogen and oxygen atoms in total. The molecule has 1 fully saturated rings. The van der Waals surface area contributed by atoms with Crippen LogP contribution in [0.15, 0.2) is 23.5 Å². The number of hydrogen-bond donors (Lipinski definition) is 0. The summed E-state index contributed by atoms with van der Waals surface area (Å²) in [6.07, 6.45) is 10.9. The summed E-state index contributed by atoms with van der Waals surface area (Å²) in [5.41, 5.74) is 3.07. The lowest BCUT2D eigenvalue weighted by atomic mass is 9.99. The molecule has 0 aromatic rings. The fourth-order valence-corrected chi connectivity index (χ4v) is 2.34. The summed E-state index contributed by atoms with van der Waals surface area (Å²) >= 11 is 0. The topological polar surface area (TPSA) is 3.24 Å². The predicted octanol–water partition coefficient (Wildman–Crippen LogP) is 4.47. The van der Waals surface area contributed by atoms with Crippen molar-refractivity contribution in [3.63, 3.8) is 0 Å². The molecule has 0 aromatic heterocycles. The summed E-state index contributed by atoms with van der Waals surface area (Å²) in [5.74, 6) is 0. The van der Waals surface area contributed by atoms with Crippen LogP contribution in [0.25, 0.3) is 0 Å². The highest BCUT2D eigenvalue weighted by Crippen LogP contribution is 2.31. The Morgan fingerprint density at radius 3 is 2.47 bits per heavy atom. The largest absolute Gasteiger partial charge is 0.347 e. The lowest BCUT2D eigenvalue weighted by Gasteiger charge is -2.38. The molecule has 1 aliphatic rings. The molecule has 1 aliphatic heterocycles. The Kier molecular flexibility index (Phi) is 4.93. The first-order valence-corrected chi connectivity index (χ1v) is 6.38. The first-order valence-electron chi connectivity index (χ1n) is 6.38. The van der Waals surface area contributed by atoms with Gasteiger partial charge in [0.1, 0.15) is 0 Å². The van der Waals surface area contributed by atoms with Crippen LogP contribution in [-0.2, 0) is 0 Å². The average Bonchev–Trinajstić information content (AvgIpc) is 2.28. The summed E-state index contributed by atoms with van der Waals surface area (Å²) < 4.78 is 0. The van der Waals surface area contributed by atoms with Gasteiger partial charge in [-0.25, -0.2) is 0 Å². The summed E-state index contributed by atoms with van der Waals surface area (Å²) in [5, 5.41) is 0. The second-order valence-electron chi connectivity index (χ2n) is 4.36. The first kappa shape index (κ1) is 12.4. The van der Waals surface area contributed by atoms with Gasteiger partial charge in [0.2, 0.25) is 0 Å². The zero-order valence-corrected chi connectivity index (χ0v) is 10.7. The minimum absolute atomic E-state index is 0.647. The second kappa shape index (κ2) is 5.99. The van der Waals surface area contributed by atoms with Crippen molar-refractivity contribution in [3.05, 3.63) is 23.5 Å². The molecule has 1 heteroatoms. The number of likely N-dealkylation sites (tertiary alicyclic amines) is 1. The molecule has 1 atom stereocenters. The molecule has 0 aromatic carbocycles. The average molecular weight is 207 g/mol. The SMILES string of the molecule is C/C=C1\CCC/C(=C/CC)N1C(C)CC. The zero-order valence-electron chi connectivity index (χ0n) is 10.7. The van der Waals surface area contributed by atoms with Crippen LogP contribution in [-0.4, -0.2) is 10.9 Å². The standard InChI is InChI=1S/C14H25N/c1-5-9-14-11-8-10-13(7-3)15(14)12(4)6-2/h7,9,12H,5-6,8,10-11H2,1-4H3/b13-7+,14-9-. The Labute approximate surface area is 94.9 Å². The Balaban J connectivity index is 2.91. The highest BCUT2D eigenvalue weighted by Gasteiger charge is 2.22. The van der Waals surface area contributed by atoms with Gasteiger partial charge in [-0.2, -0.15) is 0 Å². The molecule has 1 unspecified atom stereocenters. The second-order valence-corrected chi connectivity index (χ2v) is 4.36. The maximum Gasteiger partial charge on any atom is 0.0304 e. The number of piperidine rings is 1. The minimum atomic E-state index is 0.647. The smallest absolute Gasteiger partial charge is 0.0304 e. The van der Waals surface area contributed by atoms with Crippen molar-refractivity contribution < 1.29 is 0 Å². The Bertz CT molecular complexity index is 250. The maximum absolute atomic E-state index is 2.56. The van der Waals surface area contributed by atoms with Gasteiger partial charge in [0.25, 0.3) is 0 Å². The highest BCUT2D eigenvalue weighted by molar-refractivity contribution is 5.18. The van der Waals surface area contributed by atoms with E-state index in [1.807, 2.05) is 0 Å². The van der Waals surface area contributed by atoms with Crippen LogP contribution < -0.4 is 0 Å². The minimum Gasteiger partial charge on any atom is -0.347 e. The van der Waals surface area contributed by atoms with Crippen LogP contribution in [0.3, 0.4) is 0 Å². The van der Waals surface area contributed by atoms with Gasteiger partial charge in [-0.1, -0.05) is 26.0 Å². The molecule has 0 aliphatic carbocycles. The third kappa shape index (κ3) is 2.87. The third-order valence-electron chi connectivity index (χ3n) is 3.29. The summed E-state index contributed by atoms with van der Waals surface area (Å²) in [6.45, 7) is 9.00. The Morgan fingerprint density at radius 1 is 1.27 bits per heavy atom. The lowest BCUT2D eigenvalue weighted by Crippen LogP contribution is -2.33. The number of allylic oxidation sites excluding steroid dienone is 4. The van der Waals surface area contributed by atoms with Crippen LogP contribution in [0.2, 0.25) is 0 Å². The van der Waals surface area contributed by atoms with E-state index < -0.39 is 0 Å². The van der Waals surface area contributed by atoms with Crippen molar-refractivity contribution in [1.29, 1.82) is 0 Å². The van der Waals surface area contributed by atoms with E-state index in [9.17, 15) is 0 Å². The summed E-state index contributed by atoms with van der Waals surface area (Å²) in [4.78, 5) is 2.56. The van der Waals surface area contributed by atoms with E-state index in [2.05, 4.69) is 44.7 Å². The Morgan fingerprint density at radius 2 is 1.93 bits per heavy atom. The fourth-order valence-electron chi connectivity index (χ4n) is 2.34. The van der Waals surface area contributed by atoms with Crippen molar-refractivity contribution in [2.75, 3.05) is 0 Å². The van der Waals surface area contributed by atoms with Crippen molar-refractivity contribution in [3.8, 4) is 0 Å². The van der Waals surface area contributed by atoms with E-state index in [1.54, 1.807) is 5.70 Å². The quantitative estimate of drug-likeness (QED) is 0.660. The highest BCUT2D eigenvalue weighted by atomic mass is 15.2. The van der Waals surface area contributed by atoms with Gasteiger partial charge in [-0.15, -0.1) is 0 Å². The molecule has 1 saturated heterocycles. The van der Waals surface area contributed by atoms with E-state index >= 15 is 0 Å². The monoisotopic (exact) mass is 207 g/mol. The van der Waals surface area contributed by atoms with Gasteiger partial charge in [-0.3, -0.25) is 0 Å². The molecule has 1 rings (SSSR count). The van der Waals surface area contributed by atoms with Crippen LogP contribution in [0.4, 0.5) is 0 Å². The van der Waals surface area contributed by atoms with Crippen molar-refractivity contribution >= 4 is 0 Å². The van der Waals surface area contributed by atoms with E-state index in [4.69, 9.17) is 0 Å². The number of hydrogen-bond acceptors (Lipinski definition) is 1. The molecule has 0 bridgehead atoms. The normalized spacial score (nSPS) is 24.9. The van der Waals surface area contributed by atoms with Gasteiger partial charge < -0.3 is 4.90 Å². The summed E-state index contributed by atoms with van der Waals surface area (Å²) in [7, 11) is 0. The zero-order chi connectivity index (χ0) is 11.3. The van der Waals surface area contributed by atoms with E-state index in [0.29, 0.717) is 6.04 Å². The number of nitrogens with zero attached hydrogens (tertiary/aromatic N) is 1. The first-order chi connectivity index (χ1) is 7.24. The molecule has 0 radical (unpaired) electrons. The van der Waals surface area contributed by atoms with Gasteiger partial charge in [-0.05, 0) is 46.0 Å². The van der Waals surface area contributed by atoms with Crippen molar-refractivity contribution in [1.82, 2.24) is 4.90 Å². The Hall–Kier alpha value is -0.720. The molecule has 0 saturated carbocycles. The molecular formula is C14H25N. The maximum atomic E-state index is 2.56. The van der Waals surface area contributed by atoms with E-state index in [0.717, 1.165) is 6.42 Å². The molecule has 15 heavy (non-hydrogen) atoms. The van der Waals surface area contributed by atoms with Gasteiger partial charge in [0.05, 0.1) is 0 Å². The lowest BCUT2D eigenvalue weighted by molar-refractivity contribution is 0.278. The molecule has 86 valence electrons. The molecular weight excluding hydrogens is 182 g/mol. The molecule has 0 amide bonds. The van der Waals surface area contributed by atoms with Gasteiger partial charge in [0.15, 0.2) is 0 Å². The van der Waals surface area contributed by atoms with E-state index in [-0.39, 0.29) is 0 Å². The van der Waals surface area contributed by atoms with E-state index in [1.165, 1.54) is 31.4 Å². The predicted molar refractivity (Wildman–Crippen MR) is 67.6 cm³/mol. The molecule has 0 spiro atoms. The summed E-state index contributed by atoms with van der Waals surface area (Å²) in [6, 6.07) is 0.647.